The van der Waals surface area contributed by atoms with Gasteiger partial charge in [-0.1, -0.05) is 24.3 Å². The molecular weight excluding hydrogens is 265 g/mol. The third kappa shape index (κ3) is 3.35. The number of ether oxygens (including phenoxy) is 1. The zero-order chi connectivity index (χ0) is 14.7. The first-order chi connectivity index (χ1) is 10.3. The molecule has 0 radical (unpaired) electrons. The van der Waals surface area contributed by atoms with E-state index in [1.807, 2.05) is 13.0 Å². The Morgan fingerprint density at radius 1 is 1.19 bits per heavy atom. The Kier molecular flexibility index (Phi) is 4.09. The van der Waals surface area contributed by atoms with Crippen LogP contribution in [0.3, 0.4) is 0 Å². The second-order valence-corrected chi connectivity index (χ2v) is 5.40. The fourth-order valence-corrected chi connectivity index (χ4v) is 2.57. The highest BCUT2D eigenvalue weighted by atomic mass is 19.1. The van der Waals surface area contributed by atoms with Crippen LogP contribution in [0.25, 0.3) is 0 Å². The summed E-state index contributed by atoms with van der Waals surface area (Å²) in [6.07, 6.45) is 2.57. The van der Waals surface area contributed by atoms with Gasteiger partial charge in [-0.05, 0) is 48.9 Å². The van der Waals surface area contributed by atoms with Gasteiger partial charge < -0.3 is 10.1 Å². The van der Waals surface area contributed by atoms with Gasteiger partial charge in [-0.3, -0.25) is 0 Å². The smallest absolute Gasteiger partial charge is 0.167 e. The fourth-order valence-electron chi connectivity index (χ4n) is 2.57. The highest BCUT2D eigenvalue weighted by Crippen LogP contribution is 2.41. The average molecular weight is 285 g/mol. The van der Waals surface area contributed by atoms with E-state index in [4.69, 9.17) is 4.74 Å². The maximum absolute atomic E-state index is 13.8. The van der Waals surface area contributed by atoms with Gasteiger partial charge in [0, 0.05) is 18.3 Å². The minimum atomic E-state index is -0.322. The van der Waals surface area contributed by atoms with Gasteiger partial charge in [0.15, 0.2) is 11.6 Å². The van der Waals surface area contributed by atoms with Crippen LogP contribution in [0.15, 0.2) is 42.5 Å². The molecule has 0 unspecified atom stereocenters. The quantitative estimate of drug-likeness (QED) is 0.829. The molecular formula is C18H20FNO. The van der Waals surface area contributed by atoms with Crippen LogP contribution < -0.4 is 10.1 Å². The van der Waals surface area contributed by atoms with E-state index in [9.17, 15) is 4.39 Å². The summed E-state index contributed by atoms with van der Waals surface area (Å²) in [6, 6.07) is 13.5. The molecule has 1 N–H and O–H groups in total. The van der Waals surface area contributed by atoms with E-state index in [-0.39, 0.29) is 5.82 Å². The maximum Gasteiger partial charge on any atom is 0.167 e. The molecule has 1 aliphatic rings. The molecule has 3 heteroatoms. The van der Waals surface area contributed by atoms with Crippen molar-refractivity contribution in [2.24, 2.45) is 0 Å². The van der Waals surface area contributed by atoms with Crippen molar-refractivity contribution >= 4 is 5.69 Å². The van der Waals surface area contributed by atoms with Crippen molar-refractivity contribution in [3.05, 3.63) is 59.4 Å². The number of hydrogen-bond donors (Lipinski definition) is 1. The predicted octanol–water partition coefficient (Wildman–Crippen LogP) is 4.71. The third-order valence-electron chi connectivity index (χ3n) is 3.79. The van der Waals surface area contributed by atoms with Gasteiger partial charge in [-0.2, -0.15) is 0 Å². The summed E-state index contributed by atoms with van der Waals surface area (Å²) in [5.41, 5.74) is 3.51. The summed E-state index contributed by atoms with van der Waals surface area (Å²) < 4.78 is 19.0. The van der Waals surface area contributed by atoms with Crippen LogP contribution in [0, 0.1) is 5.82 Å². The summed E-state index contributed by atoms with van der Waals surface area (Å²) in [5.74, 6) is 0.707. The van der Waals surface area contributed by atoms with Crippen molar-refractivity contribution in [2.75, 3.05) is 11.9 Å². The van der Waals surface area contributed by atoms with Gasteiger partial charge in [0.2, 0.25) is 0 Å². The SMILES string of the molecule is CCOc1ccc(NCc2ccccc2C2CC2)cc1F. The van der Waals surface area contributed by atoms with Crippen LogP contribution in [0.2, 0.25) is 0 Å². The molecule has 0 bridgehead atoms. The first-order valence-electron chi connectivity index (χ1n) is 7.52. The van der Waals surface area contributed by atoms with E-state index in [1.54, 1.807) is 6.07 Å². The molecule has 2 aromatic rings. The molecule has 0 amide bonds. The number of halogens is 1. The molecule has 1 saturated carbocycles. The Labute approximate surface area is 125 Å². The number of anilines is 1. The van der Waals surface area contributed by atoms with Gasteiger partial charge in [0.05, 0.1) is 6.61 Å². The maximum atomic E-state index is 13.8. The van der Waals surface area contributed by atoms with Crippen LogP contribution in [0.5, 0.6) is 5.75 Å². The zero-order valence-electron chi connectivity index (χ0n) is 12.2. The lowest BCUT2D eigenvalue weighted by molar-refractivity contribution is 0.321. The standard InChI is InChI=1S/C18H20FNO/c1-2-21-18-10-9-15(11-17(18)19)20-12-14-5-3-4-6-16(14)13-7-8-13/h3-6,9-11,13,20H,2,7-8,12H2,1H3. The van der Waals surface area contributed by atoms with Gasteiger partial charge in [0.1, 0.15) is 0 Å². The molecule has 0 heterocycles. The van der Waals surface area contributed by atoms with E-state index < -0.39 is 0 Å². The van der Waals surface area contributed by atoms with Crippen molar-refractivity contribution in [2.45, 2.75) is 32.2 Å². The van der Waals surface area contributed by atoms with Crippen molar-refractivity contribution in [1.29, 1.82) is 0 Å². The fraction of sp³-hybridized carbons (Fsp3) is 0.333. The number of rotatable bonds is 6. The Hall–Kier alpha value is -2.03. The lowest BCUT2D eigenvalue weighted by atomic mass is 10.0. The third-order valence-corrected chi connectivity index (χ3v) is 3.79. The minimum absolute atomic E-state index is 0.307. The zero-order valence-corrected chi connectivity index (χ0v) is 12.2. The summed E-state index contributed by atoms with van der Waals surface area (Å²) in [7, 11) is 0. The molecule has 2 nitrogen and oxygen atoms in total. The topological polar surface area (TPSA) is 21.3 Å². The van der Waals surface area contributed by atoms with E-state index >= 15 is 0 Å². The van der Waals surface area contributed by atoms with Crippen molar-refractivity contribution in [3.63, 3.8) is 0 Å². The molecule has 21 heavy (non-hydrogen) atoms. The molecule has 0 aliphatic heterocycles. The van der Waals surface area contributed by atoms with Gasteiger partial charge >= 0.3 is 0 Å². The molecule has 0 atom stereocenters. The molecule has 1 aliphatic carbocycles. The molecule has 0 spiro atoms. The van der Waals surface area contributed by atoms with E-state index in [2.05, 4.69) is 29.6 Å². The van der Waals surface area contributed by atoms with Crippen LogP contribution in [0.4, 0.5) is 10.1 Å². The highest BCUT2D eigenvalue weighted by Gasteiger charge is 2.25. The largest absolute Gasteiger partial charge is 0.491 e. The predicted molar refractivity (Wildman–Crippen MR) is 83.3 cm³/mol. The lowest BCUT2D eigenvalue weighted by Crippen LogP contribution is -2.03. The van der Waals surface area contributed by atoms with Crippen LogP contribution >= 0.6 is 0 Å². The number of hydrogen-bond acceptors (Lipinski definition) is 2. The first kappa shape index (κ1) is 13.9. The van der Waals surface area contributed by atoms with Crippen LogP contribution in [-0.2, 0) is 6.54 Å². The average Bonchev–Trinajstić information content (AvgIpc) is 3.33. The number of benzene rings is 2. The second kappa shape index (κ2) is 6.17. The Morgan fingerprint density at radius 2 is 2.00 bits per heavy atom. The number of nitrogens with one attached hydrogen (secondary N) is 1. The van der Waals surface area contributed by atoms with Crippen LogP contribution in [-0.4, -0.2) is 6.61 Å². The summed E-state index contributed by atoms with van der Waals surface area (Å²) in [5, 5.41) is 3.30. The van der Waals surface area contributed by atoms with Gasteiger partial charge in [-0.25, -0.2) is 4.39 Å². The summed E-state index contributed by atoms with van der Waals surface area (Å²) >= 11 is 0. The molecule has 0 saturated heterocycles. The normalized spacial score (nSPS) is 14.0. The minimum Gasteiger partial charge on any atom is -0.491 e. The Balaban J connectivity index is 1.69. The summed E-state index contributed by atoms with van der Waals surface area (Å²) in [6.45, 7) is 3.04. The van der Waals surface area contributed by atoms with Crippen molar-refractivity contribution < 1.29 is 9.13 Å². The van der Waals surface area contributed by atoms with E-state index in [1.165, 1.54) is 30.0 Å². The monoisotopic (exact) mass is 285 g/mol. The highest BCUT2D eigenvalue weighted by molar-refractivity contribution is 5.48. The van der Waals surface area contributed by atoms with Gasteiger partial charge in [0.25, 0.3) is 0 Å². The lowest BCUT2D eigenvalue weighted by Gasteiger charge is -2.12. The Morgan fingerprint density at radius 3 is 2.71 bits per heavy atom. The van der Waals surface area contributed by atoms with E-state index in [0.717, 1.165) is 18.2 Å². The van der Waals surface area contributed by atoms with Crippen molar-refractivity contribution in [3.8, 4) is 5.75 Å². The van der Waals surface area contributed by atoms with Crippen molar-refractivity contribution in [1.82, 2.24) is 0 Å². The molecule has 0 aromatic heterocycles. The van der Waals surface area contributed by atoms with Gasteiger partial charge in [-0.15, -0.1) is 0 Å². The molecule has 3 rings (SSSR count). The Bertz CT molecular complexity index is 622. The second-order valence-electron chi connectivity index (χ2n) is 5.40. The van der Waals surface area contributed by atoms with Crippen LogP contribution in [0.1, 0.15) is 36.8 Å². The molecule has 110 valence electrons. The molecule has 2 aromatic carbocycles. The van der Waals surface area contributed by atoms with E-state index in [0.29, 0.717) is 12.4 Å². The first-order valence-corrected chi connectivity index (χ1v) is 7.52. The molecule has 1 fully saturated rings. The summed E-state index contributed by atoms with van der Waals surface area (Å²) in [4.78, 5) is 0.